The maximum atomic E-state index is 6.68. The summed E-state index contributed by atoms with van der Waals surface area (Å²) >= 11 is 0. The lowest BCUT2D eigenvalue weighted by atomic mass is 10.3. The largest absolute Gasteiger partial charge is 0.402 e. The molecular weight excluding hydrogens is 88.1 g/mol. The predicted molar refractivity (Wildman–Crippen MR) is 33.5 cm³/mol. The third-order valence-corrected chi connectivity index (χ3v) is 0.839. The molecule has 7 heavy (non-hydrogen) atoms. The van der Waals surface area contributed by atoms with E-state index in [4.69, 9.17) is 11.1 Å². The molecule has 0 radical (unpaired) electrons. The maximum Gasteiger partial charge on any atom is 0.0224 e. The topological polar surface area (TPSA) is 49.9 Å². The number of nitrogens with one attached hydrogen (secondary N) is 1. The third-order valence-electron chi connectivity index (χ3n) is 0.839. The smallest absolute Gasteiger partial charge is 0.0224 e. The number of hydrogen-bond acceptors (Lipinski definition) is 2. The summed E-state index contributed by atoms with van der Waals surface area (Å²) in [7, 11) is 0. The van der Waals surface area contributed by atoms with Crippen LogP contribution in [0.2, 0.25) is 0 Å². The predicted octanol–water partition coefficient (Wildman–Crippen LogP) is 1.13. The normalized spacial score (nSPS) is 12.9. The lowest BCUT2D eigenvalue weighted by Crippen LogP contribution is -1.95. The SMILES string of the molecule is C/C(N)=C(\C)C=N.[HH]. The molecule has 0 aliphatic heterocycles. The van der Waals surface area contributed by atoms with E-state index >= 15 is 0 Å². The summed E-state index contributed by atoms with van der Waals surface area (Å²) < 4.78 is 0. The summed E-state index contributed by atoms with van der Waals surface area (Å²) in [6.07, 6.45) is 1.25. The fourth-order valence-electron chi connectivity index (χ4n) is 0.114. The van der Waals surface area contributed by atoms with Crippen LogP contribution in [0.1, 0.15) is 15.3 Å². The van der Waals surface area contributed by atoms with E-state index in [1.165, 1.54) is 6.21 Å². The molecule has 3 N–H and O–H groups in total. The Bertz CT molecular complexity index is 103. The summed E-state index contributed by atoms with van der Waals surface area (Å²) in [4.78, 5) is 0. The highest BCUT2D eigenvalue weighted by molar-refractivity contribution is 5.75. The van der Waals surface area contributed by atoms with Crippen LogP contribution >= 0.6 is 0 Å². The van der Waals surface area contributed by atoms with Gasteiger partial charge in [0.15, 0.2) is 0 Å². The van der Waals surface area contributed by atoms with Crippen molar-refractivity contribution in [3.05, 3.63) is 11.3 Å². The van der Waals surface area contributed by atoms with Gasteiger partial charge in [0.2, 0.25) is 0 Å². The van der Waals surface area contributed by atoms with Gasteiger partial charge in [0.05, 0.1) is 0 Å². The molecule has 0 aromatic carbocycles. The van der Waals surface area contributed by atoms with Crippen LogP contribution in [0.3, 0.4) is 0 Å². The Hall–Kier alpha value is -0.790. The Labute approximate surface area is 45.0 Å². The maximum absolute atomic E-state index is 6.68. The van der Waals surface area contributed by atoms with Crippen LogP contribution in [0.5, 0.6) is 0 Å². The van der Waals surface area contributed by atoms with Crippen molar-refractivity contribution in [3.8, 4) is 0 Å². The average Bonchev–Trinajstić information content (AvgIpc) is 1.65. The molecule has 42 valence electrons. The highest BCUT2D eigenvalue weighted by Gasteiger charge is 1.81. The van der Waals surface area contributed by atoms with Crippen LogP contribution in [-0.4, -0.2) is 6.21 Å². The molecule has 0 spiro atoms. The van der Waals surface area contributed by atoms with Crippen molar-refractivity contribution in [2.75, 3.05) is 0 Å². The van der Waals surface area contributed by atoms with Crippen molar-refractivity contribution < 1.29 is 1.43 Å². The van der Waals surface area contributed by atoms with Gasteiger partial charge < -0.3 is 11.1 Å². The van der Waals surface area contributed by atoms with E-state index in [0.29, 0.717) is 0 Å². The molecule has 0 aromatic heterocycles. The Morgan fingerprint density at radius 2 is 2.14 bits per heavy atom. The second-order valence-electron chi connectivity index (χ2n) is 1.51. The van der Waals surface area contributed by atoms with Gasteiger partial charge in [-0.25, -0.2) is 0 Å². The summed E-state index contributed by atoms with van der Waals surface area (Å²) in [6.45, 7) is 3.59. The molecule has 0 saturated carbocycles. The Kier molecular flexibility index (Phi) is 2.12. The molecule has 2 nitrogen and oxygen atoms in total. The van der Waals surface area contributed by atoms with E-state index in [-0.39, 0.29) is 1.43 Å². The fourth-order valence-corrected chi connectivity index (χ4v) is 0.114. The molecule has 2 heteroatoms. The first-order valence-corrected chi connectivity index (χ1v) is 2.12. The highest BCUT2D eigenvalue weighted by atomic mass is 14.6. The molecule has 0 aliphatic rings. The first-order chi connectivity index (χ1) is 3.18. The van der Waals surface area contributed by atoms with Crippen molar-refractivity contribution in [2.45, 2.75) is 13.8 Å². The summed E-state index contributed by atoms with van der Waals surface area (Å²) in [6, 6.07) is 0. The molecule has 0 amide bonds. The van der Waals surface area contributed by atoms with Crippen molar-refractivity contribution in [1.29, 1.82) is 5.41 Å². The van der Waals surface area contributed by atoms with Gasteiger partial charge in [0.1, 0.15) is 0 Å². The zero-order valence-electron chi connectivity index (χ0n) is 4.65. The van der Waals surface area contributed by atoms with Crippen LogP contribution in [-0.2, 0) is 0 Å². The van der Waals surface area contributed by atoms with Crippen LogP contribution < -0.4 is 5.73 Å². The molecule has 0 aromatic rings. The third kappa shape index (κ3) is 1.98. The number of hydrogen-bond donors (Lipinski definition) is 2. The second kappa shape index (κ2) is 2.39. The lowest BCUT2D eigenvalue weighted by molar-refractivity contribution is 1.26. The second-order valence-corrected chi connectivity index (χ2v) is 1.51. The molecule has 0 atom stereocenters. The number of rotatable bonds is 1. The minimum Gasteiger partial charge on any atom is -0.402 e. The average molecular weight is 100 g/mol. The highest BCUT2D eigenvalue weighted by Crippen LogP contribution is 1.88. The van der Waals surface area contributed by atoms with Crippen LogP contribution in [0.15, 0.2) is 11.3 Å². The molecular formula is C5H12N2. The minimum atomic E-state index is 0. The van der Waals surface area contributed by atoms with Crippen molar-refractivity contribution in [1.82, 2.24) is 0 Å². The first kappa shape index (κ1) is 6.21. The van der Waals surface area contributed by atoms with Crippen LogP contribution in [0.25, 0.3) is 0 Å². The van der Waals surface area contributed by atoms with Gasteiger partial charge in [-0.15, -0.1) is 0 Å². The zero-order chi connectivity index (χ0) is 5.86. The fraction of sp³-hybridized carbons (Fsp3) is 0.400. The summed E-state index contributed by atoms with van der Waals surface area (Å²) in [5, 5.41) is 6.68. The van der Waals surface area contributed by atoms with Gasteiger partial charge in [-0.3, -0.25) is 0 Å². The van der Waals surface area contributed by atoms with E-state index < -0.39 is 0 Å². The summed E-state index contributed by atoms with van der Waals surface area (Å²) in [5.41, 5.74) is 6.83. The zero-order valence-corrected chi connectivity index (χ0v) is 4.65. The minimum absolute atomic E-state index is 0. The van der Waals surface area contributed by atoms with Gasteiger partial charge in [0.25, 0.3) is 0 Å². The van der Waals surface area contributed by atoms with Crippen LogP contribution in [0.4, 0.5) is 0 Å². The molecule has 0 saturated heterocycles. The summed E-state index contributed by atoms with van der Waals surface area (Å²) in [5.74, 6) is 0. The van der Waals surface area contributed by atoms with Gasteiger partial charge in [-0.05, 0) is 19.4 Å². The Balaban J connectivity index is 0. The standard InChI is InChI=1S/C5H10N2.H2/c1-4(3-6)5(2)7;/h3,6H,7H2,1-2H3;1H/b5-4-,6-3?;. The van der Waals surface area contributed by atoms with E-state index in [0.717, 1.165) is 11.3 Å². The van der Waals surface area contributed by atoms with E-state index in [1.54, 1.807) is 6.92 Å². The lowest BCUT2D eigenvalue weighted by Gasteiger charge is -1.89. The van der Waals surface area contributed by atoms with Crippen LogP contribution in [0, 0.1) is 5.41 Å². The van der Waals surface area contributed by atoms with Crippen molar-refractivity contribution in [2.24, 2.45) is 5.73 Å². The first-order valence-electron chi connectivity index (χ1n) is 2.12. The Morgan fingerprint density at radius 3 is 2.14 bits per heavy atom. The van der Waals surface area contributed by atoms with Gasteiger partial charge in [-0.1, -0.05) is 0 Å². The number of allylic oxidation sites excluding steroid dienone is 2. The van der Waals surface area contributed by atoms with E-state index in [2.05, 4.69) is 0 Å². The molecule has 0 rings (SSSR count). The van der Waals surface area contributed by atoms with Gasteiger partial charge >= 0.3 is 0 Å². The quantitative estimate of drug-likeness (QED) is 0.477. The van der Waals surface area contributed by atoms with Gasteiger partial charge in [-0.2, -0.15) is 0 Å². The molecule has 0 unspecified atom stereocenters. The molecule has 0 bridgehead atoms. The molecule has 0 heterocycles. The molecule has 0 aliphatic carbocycles. The van der Waals surface area contributed by atoms with Crippen molar-refractivity contribution >= 4 is 6.21 Å². The number of nitrogens with two attached hydrogens (primary N) is 1. The Morgan fingerprint density at radius 1 is 1.71 bits per heavy atom. The van der Waals surface area contributed by atoms with E-state index in [1.807, 2.05) is 6.92 Å². The molecule has 0 fully saturated rings. The van der Waals surface area contributed by atoms with E-state index in [9.17, 15) is 0 Å². The van der Waals surface area contributed by atoms with Crippen molar-refractivity contribution in [3.63, 3.8) is 0 Å². The monoisotopic (exact) mass is 100 g/mol. The van der Waals surface area contributed by atoms with Gasteiger partial charge in [0, 0.05) is 13.3 Å².